The van der Waals surface area contributed by atoms with Crippen molar-refractivity contribution in [2.24, 2.45) is 10.4 Å². The molecule has 1 aliphatic carbocycles. The van der Waals surface area contributed by atoms with Gasteiger partial charge in [-0.3, -0.25) is 14.4 Å². The molecule has 7 nitrogen and oxygen atoms in total. The van der Waals surface area contributed by atoms with Crippen LogP contribution in [-0.2, 0) is 34.1 Å². The minimum Gasteiger partial charge on any atom is -0.476 e. The number of esters is 2. The van der Waals surface area contributed by atoms with Crippen molar-refractivity contribution in [1.29, 1.82) is 0 Å². The number of carbonyl (C=O) groups excluding carboxylic acids is 3. The second-order valence-corrected chi connectivity index (χ2v) is 6.88. The van der Waals surface area contributed by atoms with Crippen molar-refractivity contribution in [3.8, 4) is 0 Å². The number of ether oxygens (including phenoxy) is 3. The van der Waals surface area contributed by atoms with E-state index in [1.807, 2.05) is 6.07 Å². The van der Waals surface area contributed by atoms with Gasteiger partial charge in [0.2, 0.25) is 5.78 Å². The lowest BCUT2D eigenvalue weighted by molar-refractivity contribution is -0.229. The van der Waals surface area contributed by atoms with Crippen molar-refractivity contribution in [3.05, 3.63) is 35.9 Å². The summed E-state index contributed by atoms with van der Waals surface area (Å²) in [5.41, 5.74) is -3.64. The van der Waals surface area contributed by atoms with Gasteiger partial charge in [0.15, 0.2) is 11.0 Å². The Morgan fingerprint density at radius 2 is 1.81 bits per heavy atom. The molecule has 0 saturated heterocycles. The minimum absolute atomic E-state index is 0.0216. The number of hydrogen-bond acceptors (Lipinski definition) is 7. The van der Waals surface area contributed by atoms with Crippen LogP contribution < -0.4 is 0 Å². The summed E-state index contributed by atoms with van der Waals surface area (Å²) in [6, 6.07) is 8.91. The standard InChI is InChI=1S/C20H23NO6/c1-5-25-16-15(23)19(17(24)26-6-2)12-18(4,27-13(3)22)20(19,21-16)14-10-8-7-9-11-14/h7-11H,5-6,12H2,1-4H3/t18-,19-,20-/m1/s1. The van der Waals surface area contributed by atoms with E-state index < -0.39 is 34.3 Å². The largest absolute Gasteiger partial charge is 0.476 e. The first kappa shape index (κ1) is 19.1. The van der Waals surface area contributed by atoms with Gasteiger partial charge in [-0.15, -0.1) is 0 Å². The smallest absolute Gasteiger partial charge is 0.323 e. The maximum atomic E-state index is 13.3. The normalized spacial score (nSPS) is 31.4. The van der Waals surface area contributed by atoms with Crippen LogP contribution in [0.5, 0.6) is 0 Å². The van der Waals surface area contributed by atoms with Crippen LogP contribution in [0.4, 0.5) is 0 Å². The molecule has 0 N–H and O–H groups in total. The molecular weight excluding hydrogens is 350 g/mol. The second kappa shape index (κ2) is 6.48. The lowest BCUT2D eigenvalue weighted by Gasteiger charge is -2.61. The van der Waals surface area contributed by atoms with Gasteiger partial charge in [0, 0.05) is 13.3 Å². The summed E-state index contributed by atoms with van der Waals surface area (Å²) in [6.45, 7) is 6.72. The molecule has 2 aliphatic rings. The zero-order valence-corrected chi connectivity index (χ0v) is 15.9. The molecule has 0 unspecified atom stereocenters. The minimum atomic E-state index is -1.61. The number of aliphatic imine (C=N–C) groups is 1. The highest BCUT2D eigenvalue weighted by Gasteiger charge is 2.85. The Balaban J connectivity index is 2.28. The molecule has 1 saturated carbocycles. The van der Waals surface area contributed by atoms with Crippen LogP contribution in [0.25, 0.3) is 0 Å². The highest BCUT2D eigenvalue weighted by atomic mass is 16.6. The first-order valence-corrected chi connectivity index (χ1v) is 8.99. The number of benzene rings is 1. The second-order valence-electron chi connectivity index (χ2n) is 6.88. The Kier molecular flexibility index (Phi) is 4.57. The molecule has 0 amide bonds. The maximum Gasteiger partial charge on any atom is 0.323 e. The fraction of sp³-hybridized carbons (Fsp3) is 0.500. The Morgan fingerprint density at radius 1 is 1.15 bits per heavy atom. The first-order valence-electron chi connectivity index (χ1n) is 8.99. The molecule has 1 aromatic rings. The molecule has 144 valence electrons. The molecule has 1 aromatic carbocycles. The zero-order chi connectivity index (χ0) is 19.9. The van der Waals surface area contributed by atoms with Crippen molar-refractivity contribution < 1.29 is 28.6 Å². The molecule has 7 heteroatoms. The third kappa shape index (κ3) is 2.33. The molecule has 0 spiro atoms. The van der Waals surface area contributed by atoms with Gasteiger partial charge in [-0.05, 0) is 26.3 Å². The van der Waals surface area contributed by atoms with Gasteiger partial charge in [-0.1, -0.05) is 30.3 Å². The maximum absolute atomic E-state index is 13.3. The molecule has 1 aliphatic heterocycles. The van der Waals surface area contributed by atoms with E-state index in [2.05, 4.69) is 4.99 Å². The third-order valence-electron chi connectivity index (χ3n) is 5.30. The van der Waals surface area contributed by atoms with Crippen LogP contribution in [0.1, 0.15) is 39.7 Å². The van der Waals surface area contributed by atoms with Gasteiger partial charge in [0.05, 0.1) is 13.2 Å². The Labute approximate surface area is 157 Å². The van der Waals surface area contributed by atoms with E-state index in [-0.39, 0.29) is 25.5 Å². The van der Waals surface area contributed by atoms with Crippen LogP contribution in [0, 0.1) is 5.41 Å². The molecule has 1 fully saturated rings. The molecule has 3 atom stereocenters. The number of rotatable bonds is 5. The highest BCUT2D eigenvalue weighted by Crippen LogP contribution is 2.69. The zero-order valence-electron chi connectivity index (χ0n) is 15.9. The number of Topliss-reactive ketones (excluding diaryl/α,β-unsaturated/α-hetero) is 1. The van der Waals surface area contributed by atoms with E-state index in [1.54, 1.807) is 45.0 Å². The summed E-state index contributed by atoms with van der Waals surface area (Å²) in [6.07, 6.45) is -0.0216. The Morgan fingerprint density at radius 3 is 2.37 bits per heavy atom. The summed E-state index contributed by atoms with van der Waals surface area (Å²) in [4.78, 5) is 42.7. The lowest BCUT2D eigenvalue weighted by Crippen LogP contribution is -2.75. The van der Waals surface area contributed by atoms with Crippen molar-refractivity contribution in [3.63, 3.8) is 0 Å². The number of carbonyl (C=O) groups is 3. The molecule has 0 bridgehead atoms. The van der Waals surface area contributed by atoms with Gasteiger partial charge in [-0.2, -0.15) is 0 Å². The number of nitrogens with zero attached hydrogens (tertiary/aromatic N) is 1. The van der Waals surface area contributed by atoms with Gasteiger partial charge in [0.1, 0.15) is 5.60 Å². The van der Waals surface area contributed by atoms with Crippen LogP contribution in [0.15, 0.2) is 35.3 Å². The topological polar surface area (TPSA) is 91.3 Å². The molecule has 27 heavy (non-hydrogen) atoms. The summed E-state index contributed by atoms with van der Waals surface area (Å²) in [7, 11) is 0. The van der Waals surface area contributed by atoms with E-state index in [9.17, 15) is 14.4 Å². The van der Waals surface area contributed by atoms with E-state index in [4.69, 9.17) is 14.2 Å². The lowest BCUT2D eigenvalue weighted by atomic mass is 9.44. The number of fused-ring (bicyclic) bond motifs is 1. The van der Waals surface area contributed by atoms with Crippen molar-refractivity contribution in [2.75, 3.05) is 13.2 Å². The van der Waals surface area contributed by atoms with Crippen molar-refractivity contribution in [2.45, 2.75) is 45.3 Å². The monoisotopic (exact) mass is 373 g/mol. The fourth-order valence-corrected chi connectivity index (χ4v) is 4.47. The van der Waals surface area contributed by atoms with Crippen LogP contribution in [0.3, 0.4) is 0 Å². The van der Waals surface area contributed by atoms with E-state index in [1.165, 1.54) is 6.92 Å². The summed E-state index contributed by atoms with van der Waals surface area (Å²) >= 11 is 0. The average Bonchev–Trinajstić information content (AvgIpc) is 2.83. The first-order chi connectivity index (χ1) is 12.8. The predicted molar refractivity (Wildman–Crippen MR) is 96.0 cm³/mol. The molecular formula is C20H23NO6. The summed E-state index contributed by atoms with van der Waals surface area (Å²) < 4.78 is 16.3. The van der Waals surface area contributed by atoms with E-state index in [0.29, 0.717) is 5.56 Å². The third-order valence-corrected chi connectivity index (χ3v) is 5.30. The molecule has 3 rings (SSSR count). The van der Waals surface area contributed by atoms with Gasteiger partial charge >= 0.3 is 11.9 Å². The summed E-state index contributed by atoms with van der Waals surface area (Å²) in [5, 5.41) is 0. The summed E-state index contributed by atoms with van der Waals surface area (Å²) in [5.74, 6) is -1.86. The predicted octanol–water partition coefficient (Wildman–Crippen LogP) is 2.17. The fourth-order valence-electron chi connectivity index (χ4n) is 4.47. The number of hydrogen-bond donors (Lipinski definition) is 0. The van der Waals surface area contributed by atoms with Crippen molar-refractivity contribution in [1.82, 2.24) is 0 Å². The van der Waals surface area contributed by atoms with Crippen molar-refractivity contribution >= 4 is 23.6 Å². The molecule has 0 radical (unpaired) electrons. The van der Waals surface area contributed by atoms with Gasteiger partial charge < -0.3 is 14.2 Å². The number of ketones is 1. The van der Waals surface area contributed by atoms with Crippen LogP contribution in [-0.4, -0.2) is 42.4 Å². The van der Waals surface area contributed by atoms with Gasteiger partial charge in [0.25, 0.3) is 5.90 Å². The molecule has 0 aromatic heterocycles. The molecule has 1 heterocycles. The van der Waals surface area contributed by atoms with Crippen LogP contribution in [0.2, 0.25) is 0 Å². The van der Waals surface area contributed by atoms with Crippen LogP contribution >= 0.6 is 0 Å². The van der Waals surface area contributed by atoms with Gasteiger partial charge in [-0.25, -0.2) is 4.99 Å². The SMILES string of the molecule is CCOC(=O)[C@]12C[C@@](C)(OC(C)=O)[C@@]1(c1ccccc1)N=C(OCC)C2=O. The van der Waals surface area contributed by atoms with E-state index >= 15 is 0 Å². The Hall–Kier alpha value is -2.70. The quantitative estimate of drug-likeness (QED) is 0.580. The Bertz CT molecular complexity index is 819. The van der Waals surface area contributed by atoms with E-state index in [0.717, 1.165) is 0 Å². The average molecular weight is 373 g/mol. The highest BCUT2D eigenvalue weighted by molar-refractivity contribution is 6.45.